The first kappa shape index (κ1) is 15.1. The number of nitrogens with two attached hydrogens (primary N) is 1. The van der Waals surface area contributed by atoms with Crippen LogP contribution in [0, 0.1) is 5.92 Å². The van der Waals surface area contributed by atoms with Crippen LogP contribution in [0.2, 0.25) is 0 Å². The molecule has 2 unspecified atom stereocenters. The molecule has 1 aliphatic rings. The van der Waals surface area contributed by atoms with E-state index in [9.17, 15) is 13.6 Å². The smallest absolute Gasteiger partial charge is 0.410 e. The fourth-order valence-electron chi connectivity index (χ4n) is 2.04. The zero-order chi connectivity index (χ0) is 13.9. The number of rotatable bonds is 2. The minimum absolute atomic E-state index is 0.191. The minimum Gasteiger partial charge on any atom is -0.444 e. The van der Waals surface area contributed by atoms with Gasteiger partial charge >= 0.3 is 6.09 Å². The highest BCUT2D eigenvalue weighted by atomic mass is 19.3. The minimum atomic E-state index is -2.34. The van der Waals surface area contributed by atoms with Gasteiger partial charge in [0.25, 0.3) is 0 Å². The van der Waals surface area contributed by atoms with Crippen molar-refractivity contribution in [2.75, 3.05) is 13.1 Å². The lowest BCUT2D eigenvalue weighted by Crippen LogP contribution is -2.51. The van der Waals surface area contributed by atoms with Gasteiger partial charge in [0, 0.05) is 25.6 Å². The summed E-state index contributed by atoms with van der Waals surface area (Å²) in [5.74, 6) is -0.219. The average molecular weight is 264 g/mol. The Morgan fingerprint density at radius 2 is 2.11 bits per heavy atom. The van der Waals surface area contributed by atoms with E-state index in [1.165, 1.54) is 4.90 Å². The van der Waals surface area contributed by atoms with E-state index in [0.717, 1.165) is 0 Å². The summed E-state index contributed by atoms with van der Waals surface area (Å²) in [7, 11) is 0. The Labute approximate surface area is 106 Å². The lowest BCUT2D eigenvalue weighted by atomic mass is 9.89. The van der Waals surface area contributed by atoms with Crippen molar-refractivity contribution in [1.29, 1.82) is 0 Å². The Morgan fingerprint density at radius 3 is 2.56 bits per heavy atom. The summed E-state index contributed by atoms with van der Waals surface area (Å²) < 4.78 is 29.8. The van der Waals surface area contributed by atoms with Crippen molar-refractivity contribution in [3.05, 3.63) is 0 Å². The van der Waals surface area contributed by atoms with E-state index in [1.807, 2.05) is 0 Å². The van der Waals surface area contributed by atoms with Gasteiger partial charge < -0.3 is 15.4 Å². The normalized spacial score (nSPS) is 25.4. The maximum atomic E-state index is 12.3. The zero-order valence-corrected chi connectivity index (χ0v) is 11.2. The monoisotopic (exact) mass is 264 g/mol. The van der Waals surface area contributed by atoms with Crippen LogP contribution in [0.25, 0.3) is 0 Å². The van der Waals surface area contributed by atoms with E-state index >= 15 is 0 Å². The summed E-state index contributed by atoms with van der Waals surface area (Å²) in [6.07, 6.45) is -2.45. The van der Waals surface area contributed by atoms with E-state index in [-0.39, 0.29) is 18.9 Å². The van der Waals surface area contributed by atoms with Crippen LogP contribution < -0.4 is 5.73 Å². The molecule has 0 radical (unpaired) electrons. The maximum absolute atomic E-state index is 12.3. The van der Waals surface area contributed by atoms with Crippen molar-refractivity contribution in [3.63, 3.8) is 0 Å². The summed E-state index contributed by atoms with van der Waals surface area (Å²) in [5.41, 5.74) is 5.28. The number of alkyl halides is 2. The van der Waals surface area contributed by atoms with Crippen LogP contribution in [0.5, 0.6) is 0 Å². The van der Waals surface area contributed by atoms with Gasteiger partial charge in [-0.25, -0.2) is 13.6 Å². The molecule has 1 fully saturated rings. The van der Waals surface area contributed by atoms with Crippen molar-refractivity contribution in [1.82, 2.24) is 4.90 Å². The van der Waals surface area contributed by atoms with Gasteiger partial charge in [-0.05, 0) is 33.1 Å². The Hall–Kier alpha value is -0.910. The van der Waals surface area contributed by atoms with Gasteiger partial charge in [-0.3, -0.25) is 0 Å². The highest BCUT2D eigenvalue weighted by Gasteiger charge is 2.32. The van der Waals surface area contributed by atoms with Crippen molar-refractivity contribution in [2.24, 2.45) is 11.7 Å². The molecule has 1 rings (SSSR count). The number of carbonyl (C=O) groups excluding carboxylic acids is 1. The third-order valence-corrected chi connectivity index (χ3v) is 2.94. The molecule has 1 saturated heterocycles. The Kier molecular flexibility index (Phi) is 4.90. The zero-order valence-electron chi connectivity index (χ0n) is 11.2. The maximum Gasteiger partial charge on any atom is 0.410 e. The van der Waals surface area contributed by atoms with Crippen LogP contribution in [0.3, 0.4) is 0 Å². The molecule has 106 valence electrons. The van der Waals surface area contributed by atoms with Gasteiger partial charge in [-0.15, -0.1) is 0 Å². The van der Waals surface area contributed by atoms with E-state index < -0.39 is 24.2 Å². The van der Waals surface area contributed by atoms with Crippen LogP contribution in [-0.2, 0) is 4.74 Å². The molecular formula is C12H22F2N2O2. The number of likely N-dealkylation sites (tertiary alicyclic amines) is 1. The predicted octanol–water partition coefficient (Wildman–Crippen LogP) is 2.23. The molecule has 1 heterocycles. The molecule has 0 aromatic rings. The Morgan fingerprint density at radius 1 is 1.50 bits per heavy atom. The van der Waals surface area contributed by atoms with Crippen molar-refractivity contribution >= 4 is 6.09 Å². The second kappa shape index (κ2) is 5.82. The molecule has 0 aliphatic carbocycles. The van der Waals surface area contributed by atoms with Crippen molar-refractivity contribution in [2.45, 2.75) is 51.7 Å². The summed E-state index contributed by atoms with van der Waals surface area (Å²) in [6.45, 7) is 6.07. The molecule has 4 nitrogen and oxygen atoms in total. The third-order valence-electron chi connectivity index (χ3n) is 2.94. The molecule has 0 saturated carbocycles. The predicted molar refractivity (Wildman–Crippen MR) is 64.5 cm³/mol. The van der Waals surface area contributed by atoms with E-state index in [0.29, 0.717) is 13.0 Å². The first-order valence-electron chi connectivity index (χ1n) is 6.20. The number of carbonyl (C=O) groups is 1. The van der Waals surface area contributed by atoms with Crippen LogP contribution in [0.1, 0.15) is 33.6 Å². The first-order valence-corrected chi connectivity index (χ1v) is 6.20. The lowest BCUT2D eigenvalue weighted by Gasteiger charge is -2.37. The number of hydrogen-bond donors (Lipinski definition) is 1. The quantitative estimate of drug-likeness (QED) is 0.832. The fraction of sp³-hybridized carbons (Fsp3) is 0.917. The molecule has 0 aromatic heterocycles. The number of amides is 1. The number of nitrogens with zero attached hydrogens (tertiary/aromatic N) is 1. The Balaban J connectivity index is 2.48. The average Bonchev–Trinajstić information content (AvgIpc) is 2.17. The Bertz CT molecular complexity index is 292. The van der Waals surface area contributed by atoms with Crippen molar-refractivity contribution < 1.29 is 18.3 Å². The molecule has 1 amide bonds. The lowest BCUT2D eigenvalue weighted by molar-refractivity contribution is 0.0118. The third kappa shape index (κ3) is 4.76. The molecule has 6 heteroatoms. The standard InChI is InChI=1S/C12H22F2N2O2/c1-12(2,3)18-11(17)16-5-4-8(6-10(13)14)9(15)7-16/h8-10H,4-7,15H2,1-3H3. The number of halogens is 2. The van der Waals surface area contributed by atoms with E-state index in [4.69, 9.17) is 10.5 Å². The van der Waals surface area contributed by atoms with Gasteiger partial charge in [-0.2, -0.15) is 0 Å². The summed E-state index contributed by atoms with van der Waals surface area (Å²) >= 11 is 0. The molecule has 0 aromatic carbocycles. The first-order chi connectivity index (χ1) is 8.19. The fourth-order valence-corrected chi connectivity index (χ4v) is 2.04. The van der Waals surface area contributed by atoms with Gasteiger partial charge in [-0.1, -0.05) is 0 Å². The van der Waals surface area contributed by atoms with Crippen LogP contribution in [0.4, 0.5) is 13.6 Å². The van der Waals surface area contributed by atoms with Gasteiger partial charge in [0.1, 0.15) is 5.60 Å². The summed E-state index contributed by atoms with van der Waals surface area (Å²) in [5, 5.41) is 0. The largest absolute Gasteiger partial charge is 0.444 e. The molecule has 0 bridgehead atoms. The van der Waals surface area contributed by atoms with E-state index in [2.05, 4.69) is 0 Å². The second-order valence-electron chi connectivity index (χ2n) is 5.77. The van der Waals surface area contributed by atoms with Crippen molar-refractivity contribution in [3.8, 4) is 0 Å². The van der Waals surface area contributed by atoms with Crippen LogP contribution in [-0.4, -0.2) is 42.2 Å². The van der Waals surface area contributed by atoms with Gasteiger partial charge in [0.15, 0.2) is 0 Å². The topological polar surface area (TPSA) is 55.6 Å². The highest BCUT2D eigenvalue weighted by Crippen LogP contribution is 2.24. The number of ether oxygens (including phenoxy) is 1. The highest BCUT2D eigenvalue weighted by molar-refractivity contribution is 5.68. The molecule has 2 atom stereocenters. The summed E-state index contributed by atoms with van der Waals surface area (Å²) in [4.78, 5) is 13.3. The number of piperidine rings is 1. The van der Waals surface area contributed by atoms with E-state index in [1.54, 1.807) is 20.8 Å². The SMILES string of the molecule is CC(C)(C)OC(=O)N1CCC(CC(F)F)C(N)C1. The van der Waals surface area contributed by atoms with Gasteiger partial charge in [0.2, 0.25) is 6.43 Å². The molecule has 2 N–H and O–H groups in total. The van der Waals surface area contributed by atoms with Gasteiger partial charge in [0.05, 0.1) is 0 Å². The molecule has 0 spiro atoms. The molecular weight excluding hydrogens is 242 g/mol. The summed E-state index contributed by atoms with van der Waals surface area (Å²) in [6, 6.07) is -0.403. The second-order valence-corrected chi connectivity index (χ2v) is 5.77. The molecule has 18 heavy (non-hydrogen) atoms. The number of hydrogen-bond acceptors (Lipinski definition) is 3. The van der Waals surface area contributed by atoms with Crippen LogP contribution in [0.15, 0.2) is 0 Å². The van der Waals surface area contributed by atoms with Crippen LogP contribution >= 0.6 is 0 Å². The molecule has 1 aliphatic heterocycles.